The third-order valence-corrected chi connectivity index (χ3v) is 5.99. The number of aromatic nitrogens is 2. The molecule has 1 amide bonds. The second-order valence-corrected chi connectivity index (χ2v) is 8.22. The molecular formula is C15H26N4O4S. The Bertz CT molecular complexity index is 663. The molecule has 1 saturated heterocycles. The number of nitrogens with one attached hydrogen (secondary N) is 1. The van der Waals surface area contributed by atoms with E-state index in [9.17, 15) is 13.2 Å². The summed E-state index contributed by atoms with van der Waals surface area (Å²) in [4.78, 5) is 12.1. The first-order chi connectivity index (χ1) is 11.3. The number of carbonyl (C=O) groups is 1. The van der Waals surface area contributed by atoms with E-state index in [4.69, 9.17) is 4.74 Å². The molecular weight excluding hydrogens is 332 g/mol. The first kappa shape index (κ1) is 18.9. The van der Waals surface area contributed by atoms with Crippen LogP contribution in [0.15, 0.2) is 6.07 Å². The highest BCUT2D eigenvalue weighted by atomic mass is 32.2. The first-order valence-corrected chi connectivity index (χ1v) is 9.70. The minimum absolute atomic E-state index is 0.00154. The van der Waals surface area contributed by atoms with E-state index in [-0.39, 0.29) is 30.9 Å². The highest BCUT2D eigenvalue weighted by Crippen LogP contribution is 2.14. The lowest BCUT2D eigenvalue weighted by Crippen LogP contribution is -2.48. The van der Waals surface area contributed by atoms with Gasteiger partial charge in [-0.05, 0) is 32.8 Å². The highest BCUT2D eigenvalue weighted by Gasteiger charge is 2.28. The van der Waals surface area contributed by atoms with Gasteiger partial charge in [-0.3, -0.25) is 9.48 Å². The number of amides is 1. The average Bonchev–Trinajstić information content (AvgIpc) is 2.83. The van der Waals surface area contributed by atoms with Gasteiger partial charge in [0.25, 0.3) is 0 Å². The van der Waals surface area contributed by atoms with Crippen molar-refractivity contribution in [3.8, 4) is 0 Å². The maximum atomic E-state index is 12.1. The molecule has 0 spiro atoms. The van der Waals surface area contributed by atoms with Gasteiger partial charge in [-0.2, -0.15) is 5.10 Å². The number of sulfonamides is 1. The van der Waals surface area contributed by atoms with Crippen molar-refractivity contribution in [1.29, 1.82) is 0 Å². The van der Waals surface area contributed by atoms with Gasteiger partial charge in [-0.1, -0.05) is 0 Å². The Morgan fingerprint density at radius 1 is 1.38 bits per heavy atom. The number of nitrogens with zero attached hydrogens (tertiary/aromatic N) is 3. The zero-order chi connectivity index (χ0) is 17.7. The Kier molecular flexibility index (Phi) is 6.36. The Morgan fingerprint density at radius 3 is 2.58 bits per heavy atom. The summed E-state index contributed by atoms with van der Waals surface area (Å²) < 4.78 is 32.2. The molecule has 1 N–H and O–H groups in total. The van der Waals surface area contributed by atoms with Gasteiger partial charge >= 0.3 is 0 Å². The predicted molar refractivity (Wildman–Crippen MR) is 90.1 cm³/mol. The quantitative estimate of drug-likeness (QED) is 0.744. The van der Waals surface area contributed by atoms with Crippen molar-refractivity contribution in [3.05, 3.63) is 17.5 Å². The van der Waals surface area contributed by atoms with Crippen LogP contribution in [0.2, 0.25) is 0 Å². The molecule has 24 heavy (non-hydrogen) atoms. The molecule has 0 bridgehead atoms. The zero-order valence-corrected chi connectivity index (χ0v) is 15.3. The molecule has 0 saturated carbocycles. The molecule has 2 heterocycles. The Labute approximate surface area is 143 Å². The summed E-state index contributed by atoms with van der Waals surface area (Å²) in [6, 6.07) is 1.93. The van der Waals surface area contributed by atoms with E-state index in [0.29, 0.717) is 25.9 Å². The molecule has 0 aromatic carbocycles. The Balaban J connectivity index is 1.80. The summed E-state index contributed by atoms with van der Waals surface area (Å²) in [7, 11) is -1.78. The molecule has 0 atom stereocenters. The summed E-state index contributed by atoms with van der Waals surface area (Å²) in [5, 5.41) is 7.25. The van der Waals surface area contributed by atoms with Gasteiger partial charge in [0, 0.05) is 31.9 Å². The van der Waals surface area contributed by atoms with E-state index in [2.05, 4.69) is 10.4 Å². The van der Waals surface area contributed by atoms with Gasteiger partial charge in [-0.15, -0.1) is 0 Å². The Hall–Kier alpha value is -1.45. The van der Waals surface area contributed by atoms with Crippen molar-refractivity contribution >= 4 is 15.9 Å². The standard InChI is InChI=1S/C15H26N4O4S/c1-12-10-13(2)19(17-12)11-15(20)16-14-4-6-18(7-5-14)24(21,22)9-8-23-3/h10,14H,4-9,11H2,1-3H3,(H,16,20). The average molecular weight is 358 g/mol. The van der Waals surface area contributed by atoms with Gasteiger partial charge in [0.1, 0.15) is 6.54 Å². The van der Waals surface area contributed by atoms with Crippen molar-refractivity contribution in [3.63, 3.8) is 0 Å². The summed E-state index contributed by atoms with van der Waals surface area (Å²) >= 11 is 0. The molecule has 1 aliphatic rings. The fourth-order valence-electron chi connectivity index (χ4n) is 2.84. The van der Waals surface area contributed by atoms with E-state index in [1.807, 2.05) is 19.9 Å². The van der Waals surface area contributed by atoms with Gasteiger partial charge in [0.2, 0.25) is 15.9 Å². The number of hydrogen-bond acceptors (Lipinski definition) is 5. The topological polar surface area (TPSA) is 93.5 Å². The van der Waals surface area contributed by atoms with E-state index in [1.54, 1.807) is 4.68 Å². The second-order valence-electron chi connectivity index (χ2n) is 6.13. The molecule has 1 fully saturated rings. The molecule has 0 unspecified atom stereocenters. The molecule has 0 aliphatic carbocycles. The number of methoxy groups -OCH3 is 1. The first-order valence-electron chi connectivity index (χ1n) is 8.09. The number of rotatable bonds is 7. The third kappa shape index (κ3) is 5.02. The zero-order valence-electron chi connectivity index (χ0n) is 14.5. The fourth-order valence-corrected chi connectivity index (χ4v) is 4.24. The van der Waals surface area contributed by atoms with Crippen LogP contribution in [0, 0.1) is 13.8 Å². The van der Waals surface area contributed by atoms with E-state index >= 15 is 0 Å². The maximum Gasteiger partial charge on any atom is 0.241 e. The smallest absolute Gasteiger partial charge is 0.241 e. The molecule has 0 radical (unpaired) electrons. The van der Waals surface area contributed by atoms with Crippen LogP contribution in [0.4, 0.5) is 0 Å². The molecule has 1 aromatic rings. The lowest BCUT2D eigenvalue weighted by Gasteiger charge is -2.31. The van der Waals surface area contributed by atoms with Crippen LogP contribution >= 0.6 is 0 Å². The van der Waals surface area contributed by atoms with E-state index < -0.39 is 10.0 Å². The number of piperidine rings is 1. The van der Waals surface area contributed by atoms with Crippen molar-refractivity contribution in [2.45, 2.75) is 39.3 Å². The van der Waals surface area contributed by atoms with Crippen LogP contribution in [0.5, 0.6) is 0 Å². The van der Waals surface area contributed by atoms with Gasteiger partial charge in [-0.25, -0.2) is 12.7 Å². The summed E-state index contributed by atoms with van der Waals surface area (Å²) in [5.74, 6) is -0.0970. The number of ether oxygens (including phenoxy) is 1. The largest absolute Gasteiger partial charge is 0.384 e. The normalized spacial score (nSPS) is 17.1. The number of aryl methyl sites for hydroxylation is 2. The van der Waals surface area contributed by atoms with Crippen LogP contribution in [-0.2, 0) is 26.1 Å². The molecule has 136 valence electrons. The lowest BCUT2D eigenvalue weighted by molar-refractivity contribution is -0.122. The molecule has 9 heteroatoms. The van der Waals surface area contributed by atoms with Crippen molar-refractivity contribution in [2.75, 3.05) is 32.6 Å². The molecule has 2 rings (SSSR count). The van der Waals surface area contributed by atoms with Crippen molar-refractivity contribution in [1.82, 2.24) is 19.4 Å². The van der Waals surface area contributed by atoms with Crippen LogP contribution in [0.25, 0.3) is 0 Å². The number of hydrogen-bond donors (Lipinski definition) is 1. The van der Waals surface area contributed by atoms with Crippen LogP contribution in [-0.4, -0.2) is 67.0 Å². The number of carbonyl (C=O) groups excluding carboxylic acids is 1. The third-order valence-electron chi connectivity index (χ3n) is 4.15. The summed E-state index contributed by atoms with van der Waals surface area (Å²) in [6.45, 7) is 5.04. The SMILES string of the molecule is COCCS(=O)(=O)N1CCC(NC(=O)Cn2nc(C)cc2C)CC1. The van der Waals surface area contributed by atoms with E-state index in [0.717, 1.165) is 11.4 Å². The highest BCUT2D eigenvalue weighted by molar-refractivity contribution is 7.89. The Morgan fingerprint density at radius 2 is 2.04 bits per heavy atom. The molecule has 8 nitrogen and oxygen atoms in total. The van der Waals surface area contributed by atoms with Gasteiger partial charge in [0.15, 0.2) is 0 Å². The maximum absolute atomic E-state index is 12.1. The van der Waals surface area contributed by atoms with Crippen LogP contribution in [0.3, 0.4) is 0 Å². The summed E-state index contributed by atoms with van der Waals surface area (Å²) in [5.41, 5.74) is 1.83. The van der Waals surface area contributed by atoms with Gasteiger partial charge < -0.3 is 10.1 Å². The van der Waals surface area contributed by atoms with E-state index in [1.165, 1.54) is 11.4 Å². The minimum Gasteiger partial charge on any atom is -0.384 e. The summed E-state index contributed by atoms with van der Waals surface area (Å²) in [6.07, 6.45) is 1.24. The predicted octanol–water partition coefficient (Wildman–Crippen LogP) is 0.0567. The minimum atomic E-state index is -3.27. The monoisotopic (exact) mass is 358 g/mol. The van der Waals surface area contributed by atoms with Crippen molar-refractivity contribution < 1.29 is 17.9 Å². The van der Waals surface area contributed by atoms with Gasteiger partial charge in [0.05, 0.1) is 18.1 Å². The van der Waals surface area contributed by atoms with Crippen LogP contribution < -0.4 is 5.32 Å². The second kappa shape index (κ2) is 8.09. The van der Waals surface area contributed by atoms with Crippen molar-refractivity contribution in [2.24, 2.45) is 0 Å². The fraction of sp³-hybridized carbons (Fsp3) is 0.733. The molecule has 1 aliphatic heterocycles. The lowest BCUT2D eigenvalue weighted by atomic mass is 10.1. The molecule has 1 aromatic heterocycles. The van der Waals surface area contributed by atoms with Crippen LogP contribution in [0.1, 0.15) is 24.2 Å².